The minimum Gasteiger partial charge on any atom is -0.351 e. The zero-order chi connectivity index (χ0) is 11.8. The Labute approximate surface area is 97.2 Å². The average Bonchev–Trinajstić information content (AvgIpc) is 2.65. The van der Waals surface area contributed by atoms with Gasteiger partial charge >= 0.3 is 6.18 Å². The van der Waals surface area contributed by atoms with Gasteiger partial charge in [-0.3, -0.25) is 0 Å². The van der Waals surface area contributed by atoms with Crippen LogP contribution in [0.1, 0.15) is 5.76 Å². The third kappa shape index (κ3) is 2.27. The first-order valence-corrected chi connectivity index (χ1v) is 5.06. The molecular weight excluding hydrogens is 287 g/mol. The second kappa shape index (κ2) is 3.93. The third-order valence-electron chi connectivity index (χ3n) is 1.91. The predicted octanol–water partition coefficient (Wildman–Crippen LogP) is 4.12. The van der Waals surface area contributed by atoms with Gasteiger partial charge in [0.25, 0.3) is 0 Å². The number of benzene rings is 1. The Morgan fingerprint density at radius 2 is 1.94 bits per heavy atom. The number of alkyl halides is 3. The Bertz CT molecular complexity index is 507. The first kappa shape index (κ1) is 11.2. The summed E-state index contributed by atoms with van der Waals surface area (Å²) in [7, 11) is 0. The van der Waals surface area contributed by atoms with Crippen molar-refractivity contribution in [3.8, 4) is 11.3 Å². The Morgan fingerprint density at radius 1 is 1.19 bits per heavy atom. The van der Waals surface area contributed by atoms with E-state index in [1.54, 1.807) is 24.3 Å². The van der Waals surface area contributed by atoms with Gasteiger partial charge in [-0.2, -0.15) is 13.2 Å². The highest BCUT2D eigenvalue weighted by Gasteiger charge is 2.36. The molecule has 0 N–H and O–H groups in total. The molecule has 2 aromatic rings. The third-order valence-corrected chi connectivity index (χ3v) is 2.40. The van der Waals surface area contributed by atoms with E-state index in [9.17, 15) is 13.2 Å². The molecule has 0 saturated heterocycles. The normalized spacial score (nSPS) is 11.8. The minimum atomic E-state index is -4.50. The van der Waals surface area contributed by atoms with E-state index in [1.165, 1.54) is 0 Å². The first-order chi connectivity index (χ1) is 7.47. The van der Waals surface area contributed by atoms with E-state index < -0.39 is 11.9 Å². The van der Waals surface area contributed by atoms with Crippen molar-refractivity contribution in [2.75, 3.05) is 0 Å². The summed E-state index contributed by atoms with van der Waals surface area (Å²) >= 11 is 3.23. The van der Waals surface area contributed by atoms with Gasteiger partial charge in [0.05, 0.1) is 0 Å². The number of hydrogen-bond acceptors (Lipinski definition) is 2. The number of rotatable bonds is 1. The van der Waals surface area contributed by atoms with Gasteiger partial charge in [-0.05, 0) is 12.1 Å². The van der Waals surface area contributed by atoms with Crippen molar-refractivity contribution in [3.05, 3.63) is 40.6 Å². The van der Waals surface area contributed by atoms with Crippen molar-refractivity contribution in [1.82, 2.24) is 5.16 Å². The Kier molecular flexibility index (Phi) is 2.75. The molecule has 0 aliphatic heterocycles. The maximum absolute atomic E-state index is 12.3. The molecule has 0 fully saturated rings. The summed E-state index contributed by atoms with van der Waals surface area (Å²) in [5.41, 5.74) is 0.724. The molecule has 0 spiro atoms. The Balaban J connectivity index is 2.39. The Hall–Kier alpha value is -1.30. The fourth-order valence-electron chi connectivity index (χ4n) is 1.19. The lowest BCUT2D eigenvalue weighted by atomic mass is 10.1. The largest absolute Gasteiger partial charge is 0.452 e. The van der Waals surface area contributed by atoms with Crippen molar-refractivity contribution in [2.24, 2.45) is 0 Å². The van der Waals surface area contributed by atoms with Crippen LogP contribution in [0.4, 0.5) is 13.2 Å². The Morgan fingerprint density at radius 3 is 2.50 bits per heavy atom. The van der Waals surface area contributed by atoms with Crippen LogP contribution in [0.15, 0.2) is 39.3 Å². The van der Waals surface area contributed by atoms with Crippen molar-refractivity contribution < 1.29 is 17.7 Å². The highest BCUT2D eigenvalue weighted by atomic mass is 79.9. The maximum atomic E-state index is 12.3. The topological polar surface area (TPSA) is 26.0 Å². The maximum Gasteiger partial charge on any atom is 0.452 e. The van der Waals surface area contributed by atoms with Crippen LogP contribution < -0.4 is 0 Å². The van der Waals surface area contributed by atoms with Gasteiger partial charge in [0.1, 0.15) is 5.69 Å². The molecule has 0 radical (unpaired) electrons. The van der Waals surface area contributed by atoms with Crippen LogP contribution in [0.5, 0.6) is 0 Å². The number of halogens is 4. The predicted molar refractivity (Wildman–Crippen MR) is 54.6 cm³/mol. The molecule has 0 amide bonds. The van der Waals surface area contributed by atoms with Gasteiger partial charge in [-0.15, -0.1) is 0 Å². The molecule has 0 aliphatic carbocycles. The lowest BCUT2D eigenvalue weighted by Crippen LogP contribution is -2.02. The van der Waals surface area contributed by atoms with Crippen LogP contribution in [0.2, 0.25) is 0 Å². The quantitative estimate of drug-likeness (QED) is 0.790. The van der Waals surface area contributed by atoms with E-state index in [-0.39, 0.29) is 5.69 Å². The van der Waals surface area contributed by atoms with Gasteiger partial charge in [0.15, 0.2) is 0 Å². The van der Waals surface area contributed by atoms with Crippen LogP contribution in [-0.2, 0) is 6.18 Å². The fourth-order valence-corrected chi connectivity index (χ4v) is 1.59. The van der Waals surface area contributed by atoms with E-state index in [0.717, 1.165) is 10.5 Å². The minimum absolute atomic E-state index is 0.161. The summed E-state index contributed by atoms with van der Waals surface area (Å²) in [6.45, 7) is 0. The average molecular weight is 292 g/mol. The standard InChI is InChI=1S/C10H5BrF3NO/c11-7-3-1-2-6(4-7)8-5-9(16-15-8)10(12,13)14/h1-5H. The van der Waals surface area contributed by atoms with E-state index in [0.29, 0.717) is 5.56 Å². The summed E-state index contributed by atoms with van der Waals surface area (Å²) < 4.78 is 41.8. The van der Waals surface area contributed by atoms with Crippen molar-refractivity contribution in [3.63, 3.8) is 0 Å². The van der Waals surface area contributed by atoms with Gasteiger partial charge < -0.3 is 4.52 Å². The molecule has 84 valence electrons. The molecule has 2 rings (SSSR count). The summed E-state index contributed by atoms with van der Waals surface area (Å²) in [6.07, 6.45) is -4.50. The highest BCUT2D eigenvalue weighted by Crippen LogP contribution is 2.32. The smallest absolute Gasteiger partial charge is 0.351 e. The van der Waals surface area contributed by atoms with Crippen molar-refractivity contribution >= 4 is 15.9 Å². The second-order valence-corrected chi connectivity index (χ2v) is 4.00. The van der Waals surface area contributed by atoms with Crippen LogP contribution in [0, 0.1) is 0 Å². The molecule has 1 aromatic heterocycles. The number of nitrogens with zero attached hydrogens (tertiary/aromatic N) is 1. The summed E-state index contributed by atoms with van der Waals surface area (Å²) in [6, 6.07) is 7.68. The molecule has 0 unspecified atom stereocenters. The molecule has 1 aromatic carbocycles. The van der Waals surface area contributed by atoms with Crippen LogP contribution in [0.3, 0.4) is 0 Å². The van der Waals surface area contributed by atoms with Gasteiger partial charge in [0.2, 0.25) is 5.76 Å². The lowest BCUT2D eigenvalue weighted by Gasteiger charge is -1.97. The summed E-state index contributed by atoms with van der Waals surface area (Å²) in [5.74, 6) is -1.09. The van der Waals surface area contributed by atoms with E-state index >= 15 is 0 Å². The summed E-state index contributed by atoms with van der Waals surface area (Å²) in [4.78, 5) is 0. The second-order valence-electron chi connectivity index (χ2n) is 3.08. The van der Waals surface area contributed by atoms with E-state index in [1.807, 2.05) is 0 Å². The molecule has 2 nitrogen and oxygen atoms in total. The molecule has 0 atom stereocenters. The van der Waals surface area contributed by atoms with Crippen LogP contribution in [0.25, 0.3) is 11.3 Å². The fraction of sp³-hybridized carbons (Fsp3) is 0.100. The molecular formula is C10H5BrF3NO. The SMILES string of the molecule is FC(F)(F)c1cc(-c2cccc(Br)c2)no1. The monoisotopic (exact) mass is 291 g/mol. The molecule has 1 heterocycles. The number of hydrogen-bond donors (Lipinski definition) is 0. The van der Waals surface area contributed by atoms with E-state index in [2.05, 4.69) is 25.6 Å². The van der Waals surface area contributed by atoms with Crippen molar-refractivity contribution in [1.29, 1.82) is 0 Å². The zero-order valence-electron chi connectivity index (χ0n) is 7.75. The lowest BCUT2D eigenvalue weighted by molar-refractivity contribution is -0.155. The molecule has 0 bridgehead atoms. The molecule has 6 heteroatoms. The van der Waals surface area contributed by atoms with Crippen LogP contribution >= 0.6 is 15.9 Å². The first-order valence-electron chi connectivity index (χ1n) is 4.26. The number of aromatic nitrogens is 1. The highest BCUT2D eigenvalue weighted by molar-refractivity contribution is 9.10. The van der Waals surface area contributed by atoms with Crippen molar-refractivity contribution in [2.45, 2.75) is 6.18 Å². The van der Waals surface area contributed by atoms with Gasteiger partial charge in [-0.25, -0.2) is 0 Å². The van der Waals surface area contributed by atoms with Crippen LogP contribution in [-0.4, -0.2) is 5.16 Å². The van der Waals surface area contributed by atoms with Gasteiger partial charge in [0, 0.05) is 16.1 Å². The van der Waals surface area contributed by atoms with Gasteiger partial charge in [-0.1, -0.05) is 33.2 Å². The van der Waals surface area contributed by atoms with E-state index in [4.69, 9.17) is 0 Å². The zero-order valence-corrected chi connectivity index (χ0v) is 9.34. The molecule has 16 heavy (non-hydrogen) atoms. The molecule has 0 saturated carbocycles. The molecule has 0 aliphatic rings. The summed E-state index contributed by atoms with van der Waals surface area (Å²) in [5, 5.41) is 3.38.